The molecule has 1 aromatic heterocycles. The molecule has 0 spiro atoms. The van der Waals surface area contributed by atoms with Gasteiger partial charge in [-0.2, -0.15) is 13.2 Å². The lowest BCUT2D eigenvalue weighted by molar-refractivity contribution is -0.516. The summed E-state index contributed by atoms with van der Waals surface area (Å²) in [7, 11) is 1.28. The van der Waals surface area contributed by atoms with Crippen molar-refractivity contribution in [3.63, 3.8) is 0 Å². The molecule has 1 atom stereocenters. The molecule has 1 amide bonds. The summed E-state index contributed by atoms with van der Waals surface area (Å²) in [5.41, 5.74) is -1.43. The maximum atomic E-state index is 13.6. The summed E-state index contributed by atoms with van der Waals surface area (Å²) in [5, 5.41) is 14.0. The van der Waals surface area contributed by atoms with E-state index in [0.717, 1.165) is 4.68 Å². The summed E-state index contributed by atoms with van der Waals surface area (Å²) >= 11 is 5.82. The lowest BCUT2D eigenvalue weighted by atomic mass is 10.1. The molecule has 3 aromatic rings. The maximum Gasteiger partial charge on any atom is 0.480 e. The number of carboxylic acid groups (broad SMARTS) is 1. The fourth-order valence-electron chi connectivity index (χ4n) is 2.97. The minimum Gasteiger partial charge on any atom is -0.478 e. The molecule has 11 heteroatoms. The van der Waals surface area contributed by atoms with Gasteiger partial charge in [-0.05, 0) is 48.9 Å². The second-order valence-corrected chi connectivity index (χ2v) is 7.34. The third-order valence-corrected chi connectivity index (χ3v) is 4.84. The van der Waals surface area contributed by atoms with Crippen molar-refractivity contribution in [3.05, 3.63) is 75.9 Å². The summed E-state index contributed by atoms with van der Waals surface area (Å²) < 4.78 is 47.4. The Bertz CT molecular complexity index is 1140. The van der Waals surface area contributed by atoms with Crippen LogP contribution in [0.3, 0.4) is 0 Å². The van der Waals surface area contributed by atoms with Crippen molar-refractivity contribution in [2.75, 3.05) is 0 Å². The quantitative estimate of drug-likeness (QED) is 0.557. The minimum absolute atomic E-state index is 0.0444. The molecule has 0 aliphatic carbocycles. The van der Waals surface area contributed by atoms with E-state index in [0.29, 0.717) is 10.6 Å². The second kappa shape index (κ2) is 8.91. The molecule has 1 heterocycles. The lowest BCUT2D eigenvalue weighted by Gasteiger charge is -2.15. The van der Waals surface area contributed by atoms with Gasteiger partial charge in [-0.3, -0.25) is 4.79 Å². The minimum atomic E-state index is -4.85. The van der Waals surface area contributed by atoms with Crippen LogP contribution in [0, 0.1) is 0 Å². The zero-order valence-electron chi connectivity index (χ0n) is 16.8. The number of amides is 1. The Morgan fingerprint density at radius 3 is 2.25 bits per heavy atom. The number of carbonyl (C=O) groups excluding carboxylic acids is 1. The van der Waals surface area contributed by atoms with Crippen LogP contribution in [-0.4, -0.2) is 21.7 Å². The highest BCUT2D eigenvalue weighted by molar-refractivity contribution is 6.30. The Labute approximate surface area is 185 Å². The molecule has 0 bridgehead atoms. The summed E-state index contributed by atoms with van der Waals surface area (Å²) in [5.74, 6) is -2.30. The molecule has 0 fully saturated rings. The number of alkyl halides is 3. The van der Waals surface area contributed by atoms with Gasteiger partial charge in [0.2, 0.25) is 0 Å². The Morgan fingerprint density at radius 2 is 1.72 bits per heavy atom. The number of aryl methyl sites for hydroxylation is 1. The van der Waals surface area contributed by atoms with E-state index in [1.165, 1.54) is 55.6 Å². The molecule has 3 N–H and O–H groups in total. The molecule has 32 heavy (non-hydrogen) atoms. The first-order chi connectivity index (χ1) is 15.0. The molecule has 7 nitrogen and oxygen atoms in total. The Balaban J connectivity index is 1.94. The van der Waals surface area contributed by atoms with Crippen LogP contribution in [0.15, 0.2) is 48.5 Å². The molecule has 0 unspecified atom stereocenters. The van der Waals surface area contributed by atoms with Crippen molar-refractivity contribution in [3.8, 4) is 11.6 Å². The van der Waals surface area contributed by atoms with Crippen molar-refractivity contribution in [1.29, 1.82) is 0 Å². The van der Waals surface area contributed by atoms with E-state index >= 15 is 0 Å². The molecule has 2 aromatic carbocycles. The SMILES string of the molecule is C[C@H](NC(=O)c1c(C(F)(F)F)[nH+]n(C)c1Oc1ccc(Cl)cc1)c1ccc(C(=O)O)cc1. The molecule has 0 radical (unpaired) electrons. The van der Waals surface area contributed by atoms with Crippen LogP contribution >= 0.6 is 11.6 Å². The van der Waals surface area contributed by atoms with Gasteiger partial charge in [-0.1, -0.05) is 23.7 Å². The Hall–Kier alpha value is -3.53. The number of rotatable bonds is 6. The van der Waals surface area contributed by atoms with E-state index in [9.17, 15) is 22.8 Å². The predicted molar refractivity (Wildman–Crippen MR) is 108 cm³/mol. The van der Waals surface area contributed by atoms with Crippen molar-refractivity contribution in [2.24, 2.45) is 7.05 Å². The number of hydrogen-bond acceptors (Lipinski definition) is 3. The molecular weight excluding hydrogens is 451 g/mol. The van der Waals surface area contributed by atoms with E-state index in [1.807, 2.05) is 0 Å². The first-order valence-corrected chi connectivity index (χ1v) is 9.62. The van der Waals surface area contributed by atoms with E-state index in [2.05, 4.69) is 10.4 Å². The smallest absolute Gasteiger partial charge is 0.478 e. The standard InChI is InChI=1S/C21H17ClF3N3O4/c1-11(12-3-5-13(6-4-12)20(30)31)26-18(29)16-17(21(23,24)25)27-28(2)19(16)32-15-9-7-14(22)8-10-15/h3-11H,1-2H3,(H,26,29)(H,30,31)/p+1/t11-/m0/s1. The highest BCUT2D eigenvalue weighted by Crippen LogP contribution is 2.35. The van der Waals surface area contributed by atoms with Gasteiger partial charge in [-0.15, -0.1) is 9.78 Å². The summed E-state index contributed by atoms with van der Waals surface area (Å²) in [4.78, 5) is 23.9. The van der Waals surface area contributed by atoms with Gasteiger partial charge >= 0.3 is 17.8 Å². The van der Waals surface area contributed by atoms with Crippen molar-refractivity contribution in [1.82, 2.24) is 10.00 Å². The third-order valence-electron chi connectivity index (χ3n) is 4.59. The number of hydrogen-bond donors (Lipinski definition) is 2. The predicted octanol–water partition coefficient (Wildman–Crippen LogP) is 4.49. The van der Waals surface area contributed by atoms with Crippen LogP contribution < -0.4 is 15.2 Å². The summed E-state index contributed by atoms with van der Waals surface area (Å²) in [6.45, 7) is 1.56. The van der Waals surface area contributed by atoms with Crippen molar-refractivity contribution >= 4 is 23.5 Å². The number of aromatic carboxylic acids is 1. The third kappa shape index (κ3) is 5.02. The molecule has 0 saturated carbocycles. The van der Waals surface area contributed by atoms with Crippen molar-refractivity contribution < 1.29 is 37.7 Å². The number of aromatic amines is 1. The summed E-state index contributed by atoms with van der Waals surface area (Å²) in [6, 6.07) is 10.8. The highest BCUT2D eigenvalue weighted by Gasteiger charge is 2.48. The van der Waals surface area contributed by atoms with E-state index in [-0.39, 0.29) is 17.2 Å². The average Bonchev–Trinajstić information content (AvgIpc) is 3.06. The van der Waals surface area contributed by atoms with Crippen LogP contribution in [0.5, 0.6) is 11.6 Å². The number of H-pyrrole nitrogens is 1. The van der Waals surface area contributed by atoms with Gasteiger partial charge in [-0.25, -0.2) is 4.79 Å². The maximum absolute atomic E-state index is 13.6. The number of halogens is 4. The van der Waals surface area contributed by atoms with Gasteiger partial charge in [0, 0.05) is 5.02 Å². The largest absolute Gasteiger partial charge is 0.480 e. The van der Waals surface area contributed by atoms with Crippen LogP contribution in [0.25, 0.3) is 0 Å². The fourth-order valence-corrected chi connectivity index (χ4v) is 3.09. The van der Waals surface area contributed by atoms with Gasteiger partial charge in [0.05, 0.1) is 18.7 Å². The van der Waals surface area contributed by atoms with Crippen LogP contribution in [0.1, 0.15) is 44.9 Å². The van der Waals surface area contributed by atoms with E-state index < -0.39 is 35.4 Å². The van der Waals surface area contributed by atoms with Gasteiger partial charge in [0.15, 0.2) is 5.56 Å². The number of ether oxygens (including phenoxy) is 1. The van der Waals surface area contributed by atoms with Crippen LogP contribution in [0.2, 0.25) is 5.02 Å². The number of carboxylic acids is 1. The van der Waals surface area contributed by atoms with E-state index in [4.69, 9.17) is 21.4 Å². The number of nitrogens with one attached hydrogen (secondary N) is 2. The monoisotopic (exact) mass is 468 g/mol. The molecule has 168 valence electrons. The van der Waals surface area contributed by atoms with Crippen LogP contribution in [0.4, 0.5) is 13.2 Å². The van der Waals surface area contributed by atoms with Gasteiger partial charge in [0.25, 0.3) is 11.8 Å². The molecule has 3 rings (SSSR count). The molecule has 0 aliphatic heterocycles. The molecule has 0 aliphatic rings. The molecule has 0 saturated heterocycles. The average molecular weight is 469 g/mol. The number of benzene rings is 2. The fraction of sp³-hybridized carbons (Fsp3) is 0.190. The zero-order valence-corrected chi connectivity index (χ0v) is 17.6. The Kier molecular flexibility index (Phi) is 6.45. The first-order valence-electron chi connectivity index (χ1n) is 9.24. The molecular formula is C21H18ClF3N3O4+. The number of carbonyl (C=O) groups is 2. The zero-order chi connectivity index (χ0) is 23.6. The Morgan fingerprint density at radius 1 is 1.12 bits per heavy atom. The van der Waals surface area contributed by atoms with E-state index in [1.54, 1.807) is 6.92 Å². The number of aromatic nitrogens is 2. The lowest BCUT2D eigenvalue weighted by Crippen LogP contribution is -2.31. The van der Waals surface area contributed by atoms with Crippen molar-refractivity contribution in [2.45, 2.75) is 19.1 Å². The number of nitrogens with zero attached hydrogens (tertiary/aromatic N) is 1. The van der Waals surface area contributed by atoms with Crippen LogP contribution in [-0.2, 0) is 13.2 Å². The topological polar surface area (TPSA) is 94.7 Å². The second-order valence-electron chi connectivity index (χ2n) is 6.90. The highest BCUT2D eigenvalue weighted by atomic mass is 35.5. The normalized spacial score (nSPS) is 12.3. The summed E-state index contributed by atoms with van der Waals surface area (Å²) in [6.07, 6.45) is -4.85. The van der Waals surface area contributed by atoms with Gasteiger partial charge < -0.3 is 15.2 Å². The first kappa shape index (κ1) is 23.1. The van der Waals surface area contributed by atoms with Gasteiger partial charge in [0.1, 0.15) is 5.75 Å².